The highest BCUT2D eigenvalue weighted by molar-refractivity contribution is 5.89. The Kier molecular flexibility index (Phi) is 5.98. The molecule has 0 radical (unpaired) electrons. The standard InChI is InChI=1S/C25H22N2O4/c1-17(28)27-19-8-10-20(11-9-19)31-23-12-13-26-22-15-25(24(29-2)14-21(22)23)30-16-18-6-4-3-5-7-18/h3-15H,16H2,1-2H3,(H,27,28). The van der Waals surface area contributed by atoms with Crippen LogP contribution < -0.4 is 19.5 Å². The van der Waals surface area contributed by atoms with Gasteiger partial charge >= 0.3 is 0 Å². The Labute approximate surface area is 180 Å². The maximum absolute atomic E-state index is 11.2. The summed E-state index contributed by atoms with van der Waals surface area (Å²) in [5.74, 6) is 2.38. The predicted molar refractivity (Wildman–Crippen MR) is 120 cm³/mol. The number of hydrogen-bond donors (Lipinski definition) is 1. The third-order valence-corrected chi connectivity index (χ3v) is 4.63. The van der Waals surface area contributed by atoms with Crippen LogP contribution in [0.3, 0.4) is 0 Å². The number of hydrogen-bond acceptors (Lipinski definition) is 5. The van der Waals surface area contributed by atoms with E-state index >= 15 is 0 Å². The van der Waals surface area contributed by atoms with Crippen LogP contribution in [0.25, 0.3) is 10.9 Å². The Morgan fingerprint density at radius 2 is 1.71 bits per heavy atom. The maximum Gasteiger partial charge on any atom is 0.221 e. The number of anilines is 1. The Balaban J connectivity index is 1.59. The average Bonchev–Trinajstić information content (AvgIpc) is 2.79. The Morgan fingerprint density at radius 3 is 2.42 bits per heavy atom. The predicted octanol–water partition coefficient (Wildman–Crippen LogP) is 5.57. The minimum absolute atomic E-state index is 0.119. The lowest BCUT2D eigenvalue weighted by atomic mass is 10.1. The van der Waals surface area contributed by atoms with Crippen molar-refractivity contribution in [3.63, 3.8) is 0 Å². The monoisotopic (exact) mass is 414 g/mol. The van der Waals surface area contributed by atoms with Crippen LogP contribution in [0.15, 0.2) is 79.0 Å². The summed E-state index contributed by atoms with van der Waals surface area (Å²) in [7, 11) is 1.61. The summed E-state index contributed by atoms with van der Waals surface area (Å²) in [6.45, 7) is 1.90. The molecule has 4 rings (SSSR count). The highest BCUT2D eigenvalue weighted by atomic mass is 16.5. The van der Waals surface area contributed by atoms with E-state index in [2.05, 4.69) is 10.3 Å². The number of pyridine rings is 1. The van der Waals surface area contributed by atoms with Gasteiger partial charge in [0, 0.05) is 30.3 Å². The van der Waals surface area contributed by atoms with Gasteiger partial charge in [-0.25, -0.2) is 0 Å². The van der Waals surface area contributed by atoms with Crippen LogP contribution in [0.4, 0.5) is 5.69 Å². The second-order valence-electron chi connectivity index (χ2n) is 6.91. The van der Waals surface area contributed by atoms with Crippen molar-refractivity contribution < 1.29 is 19.0 Å². The lowest BCUT2D eigenvalue weighted by molar-refractivity contribution is -0.114. The second-order valence-corrected chi connectivity index (χ2v) is 6.91. The third kappa shape index (κ3) is 4.93. The Hall–Kier alpha value is -4.06. The maximum atomic E-state index is 11.2. The van der Waals surface area contributed by atoms with E-state index < -0.39 is 0 Å². The van der Waals surface area contributed by atoms with E-state index in [0.717, 1.165) is 16.5 Å². The summed E-state index contributed by atoms with van der Waals surface area (Å²) in [4.78, 5) is 15.6. The van der Waals surface area contributed by atoms with Crippen molar-refractivity contribution in [3.8, 4) is 23.0 Å². The number of rotatable bonds is 7. The molecule has 0 atom stereocenters. The van der Waals surface area contributed by atoms with E-state index in [4.69, 9.17) is 14.2 Å². The molecule has 0 fully saturated rings. The number of nitrogens with one attached hydrogen (secondary N) is 1. The fourth-order valence-electron chi connectivity index (χ4n) is 3.16. The highest BCUT2D eigenvalue weighted by Gasteiger charge is 2.12. The summed E-state index contributed by atoms with van der Waals surface area (Å²) in [6.07, 6.45) is 1.69. The van der Waals surface area contributed by atoms with Crippen LogP contribution in [-0.4, -0.2) is 18.0 Å². The zero-order chi connectivity index (χ0) is 21.6. The number of methoxy groups -OCH3 is 1. The molecule has 0 aliphatic rings. The van der Waals surface area contributed by atoms with Gasteiger partial charge in [0.05, 0.1) is 12.6 Å². The average molecular weight is 414 g/mol. The van der Waals surface area contributed by atoms with Crippen molar-refractivity contribution in [2.24, 2.45) is 0 Å². The summed E-state index contributed by atoms with van der Waals surface area (Å²) in [5, 5.41) is 3.54. The molecule has 31 heavy (non-hydrogen) atoms. The van der Waals surface area contributed by atoms with Gasteiger partial charge in [-0.1, -0.05) is 30.3 Å². The molecule has 0 unspecified atom stereocenters. The van der Waals surface area contributed by atoms with Crippen LogP contribution in [0.2, 0.25) is 0 Å². The number of ether oxygens (including phenoxy) is 3. The number of fused-ring (bicyclic) bond motifs is 1. The zero-order valence-corrected chi connectivity index (χ0v) is 17.3. The molecule has 0 bridgehead atoms. The number of amides is 1. The SMILES string of the molecule is COc1cc2c(Oc3ccc(NC(C)=O)cc3)ccnc2cc1OCc1ccccc1. The van der Waals surface area contributed by atoms with Crippen molar-refractivity contribution in [1.29, 1.82) is 0 Å². The smallest absolute Gasteiger partial charge is 0.221 e. The summed E-state index contributed by atoms with van der Waals surface area (Å²) < 4.78 is 17.6. The number of nitrogens with zero attached hydrogens (tertiary/aromatic N) is 1. The van der Waals surface area contributed by atoms with Crippen LogP contribution in [0.5, 0.6) is 23.0 Å². The quantitative estimate of drug-likeness (QED) is 0.428. The molecule has 1 aromatic heterocycles. The normalized spacial score (nSPS) is 10.5. The molecular weight excluding hydrogens is 392 g/mol. The summed E-state index contributed by atoms with van der Waals surface area (Å²) in [6, 6.07) is 22.6. The van der Waals surface area contributed by atoms with Gasteiger partial charge in [-0.15, -0.1) is 0 Å². The molecule has 4 aromatic rings. The van der Waals surface area contributed by atoms with Crippen LogP contribution >= 0.6 is 0 Å². The first-order chi connectivity index (χ1) is 15.1. The number of carbonyl (C=O) groups excluding carboxylic acids is 1. The van der Waals surface area contributed by atoms with E-state index in [0.29, 0.717) is 35.3 Å². The Bertz CT molecular complexity index is 1190. The molecule has 1 N–H and O–H groups in total. The molecule has 156 valence electrons. The number of benzene rings is 3. The second kappa shape index (κ2) is 9.17. The fourth-order valence-corrected chi connectivity index (χ4v) is 3.16. The van der Waals surface area contributed by atoms with Gasteiger partial charge in [0.2, 0.25) is 5.91 Å². The van der Waals surface area contributed by atoms with E-state index in [1.807, 2.05) is 42.5 Å². The molecule has 6 nitrogen and oxygen atoms in total. The van der Waals surface area contributed by atoms with Crippen LogP contribution in [0, 0.1) is 0 Å². The molecule has 1 heterocycles. The van der Waals surface area contributed by atoms with Gasteiger partial charge < -0.3 is 19.5 Å². The lowest BCUT2D eigenvalue weighted by Crippen LogP contribution is -2.05. The van der Waals surface area contributed by atoms with E-state index in [9.17, 15) is 4.79 Å². The number of aromatic nitrogens is 1. The lowest BCUT2D eigenvalue weighted by Gasteiger charge is -2.14. The van der Waals surface area contributed by atoms with Gasteiger partial charge in [-0.3, -0.25) is 9.78 Å². The zero-order valence-electron chi connectivity index (χ0n) is 17.3. The molecule has 1 amide bonds. The molecule has 0 spiro atoms. The third-order valence-electron chi connectivity index (χ3n) is 4.63. The van der Waals surface area contributed by atoms with Gasteiger partial charge in [-0.2, -0.15) is 0 Å². The van der Waals surface area contributed by atoms with Crippen molar-refractivity contribution in [1.82, 2.24) is 4.98 Å². The van der Waals surface area contributed by atoms with E-state index in [-0.39, 0.29) is 5.91 Å². The number of carbonyl (C=O) groups is 1. The largest absolute Gasteiger partial charge is 0.493 e. The summed E-state index contributed by atoms with van der Waals surface area (Å²) >= 11 is 0. The van der Waals surface area contributed by atoms with Crippen LogP contribution in [-0.2, 0) is 11.4 Å². The van der Waals surface area contributed by atoms with Crippen LogP contribution in [0.1, 0.15) is 12.5 Å². The minimum Gasteiger partial charge on any atom is -0.493 e. The molecular formula is C25H22N2O4. The first kappa shape index (κ1) is 20.2. The van der Waals surface area contributed by atoms with E-state index in [1.54, 1.807) is 43.6 Å². The molecule has 0 aliphatic heterocycles. The van der Waals surface area contributed by atoms with Crippen molar-refractivity contribution >= 4 is 22.5 Å². The van der Waals surface area contributed by atoms with Gasteiger partial charge in [0.25, 0.3) is 0 Å². The molecule has 3 aromatic carbocycles. The topological polar surface area (TPSA) is 69.7 Å². The van der Waals surface area contributed by atoms with Crippen molar-refractivity contribution in [2.75, 3.05) is 12.4 Å². The molecule has 0 saturated carbocycles. The highest BCUT2D eigenvalue weighted by Crippen LogP contribution is 2.37. The molecule has 0 saturated heterocycles. The Morgan fingerprint density at radius 1 is 0.935 bits per heavy atom. The first-order valence-corrected chi connectivity index (χ1v) is 9.81. The van der Waals surface area contributed by atoms with E-state index in [1.165, 1.54) is 6.92 Å². The summed E-state index contributed by atoms with van der Waals surface area (Å²) in [5.41, 5.74) is 2.51. The first-order valence-electron chi connectivity index (χ1n) is 9.81. The molecule has 6 heteroatoms. The van der Waals surface area contributed by atoms with Gasteiger partial charge in [0.15, 0.2) is 11.5 Å². The van der Waals surface area contributed by atoms with Gasteiger partial charge in [0.1, 0.15) is 18.1 Å². The van der Waals surface area contributed by atoms with Crippen molar-refractivity contribution in [3.05, 3.63) is 84.6 Å². The minimum atomic E-state index is -0.119. The molecule has 0 aliphatic carbocycles. The fraction of sp³-hybridized carbons (Fsp3) is 0.120. The van der Waals surface area contributed by atoms with Crippen molar-refractivity contribution in [2.45, 2.75) is 13.5 Å². The van der Waals surface area contributed by atoms with Gasteiger partial charge in [-0.05, 0) is 42.0 Å².